The highest BCUT2D eigenvalue weighted by atomic mass is 19.3. The Balaban J connectivity index is 1.40. The molecule has 1 fully saturated rings. The molecule has 190 valence electrons. The van der Waals surface area contributed by atoms with Gasteiger partial charge in [0, 0.05) is 22.9 Å². The average Bonchev–Trinajstić information content (AvgIpc) is 3.37. The lowest BCUT2D eigenvalue weighted by atomic mass is 10.0. The number of aryl methyl sites for hydroxylation is 1. The van der Waals surface area contributed by atoms with Crippen molar-refractivity contribution in [3.8, 4) is 11.5 Å². The van der Waals surface area contributed by atoms with Crippen LogP contribution in [0.5, 0.6) is 11.5 Å². The normalized spacial score (nSPS) is 19.9. The third-order valence-corrected chi connectivity index (χ3v) is 6.37. The lowest BCUT2D eigenvalue weighted by molar-refractivity contribution is -0.131. The number of carbonyl (C=O) groups is 1. The van der Waals surface area contributed by atoms with E-state index in [4.69, 9.17) is 14.2 Å². The second kappa shape index (κ2) is 9.81. The fourth-order valence-electron chi connectivity index (χ4n) is 4.38. The molecule has 2 aromatic carbocycles. The van der Waals surface area contributed by atoms with Gasteiger partial charge in [0.1, 0.15) is 12.4 Å². The first-order chi connectivity index (χ1) is 17.3. The van der Waals surface area contributed by atoms with Gasteiger partial charge in [-0.15, -0.1) is 5.10 Å². The number of anilines is 1. The van der Waals surface area contributed by atoms with E-state index in [2.05, 4.69) is 20.8 Å². The van der Waals surface area contributed by atoms with E-state index in [0.717, 1.165) is 12.5 Å². The summed E-state index contributed by atoms with van der Waals surface area (Å²) in [5.74, 6) is -0.0888. The molecule has 0 spiro atoms. The summed E-state index contributed by atoms with van der Waals surface area (Å²) in [5.41, 5.74) is 0.0391. The summed E-state index contributed by atoms with van der Waals surface area (Å²) in [6, 6.07) is 6.63. The van der Waals surface area contributed by atoms with Crippen LogP contribution < -0.4 is 20.1 Å². The molecule has 1 amide bonds. The Labute approximate surface area is 205 Å². The second-order valence-corrected chi connectivity index (χ2v) is 8.88. The van der Waals surface area contributed by atoms with Crippen LogP contribution in [0.2, 0.25) is 0 Å². The summed E-state index contributed by atoms with van der Waals surface area (Å²) in [7, 11) is 0. The molecular weight excluding hydrogens is 477 g/mol. The maximum Gasteiger partial charge on any atom is 0.266 e. The number of rotatable bonds is 6. The number of ether oxygens (including phenoxy) is 3. The summed E-state index contributed by atoms with van der Waals surface area (Å²) in [6.45, 7) is 4.54. The smallest absolute Gasteiger partial charge is 0.266 e. The first-order valence-corrected chi connectivity index (χ1v) is 11.6. The van der Waals surface area contributed by atoms with Gasteiger partial charge in [0.2, 0.25) is 6.10 Å². The molecule has 0 radical (unpaired) electrons. The van der Waals surface area contributed by atoms with Gasteiger partial charge in [0.15, 0.2) is 17.3 Å². The molecule has 3 aromatic rings. The predicted octanol–water partition coefficient (Wildman–Crippen LogP) is 4.23. The number of halogens is 3. The third kappa shape index (κ3) is 4.62. The van der Waals surface area contributed by atoms with Gasteiger partial charge in [-0.2, -0.15) is 5.10 Å². The number of fused-ring (bicyclic) bond motifs is 2. The van der Waals surface area contributed by atoms with Gasteiger partial charge in [0.05, 0.1) is 29.9 Å². The quantitative estimate of drug-likeness (QED) is 0.521. The first-order valence-electron chi connectivity index (χ1n) is 11.6. The van der Waals surface area contributed by atoms with E-state index in [1.807, 2.05) is 0 Å². The van der Waals surface area contributed by atoms with E-state index in [1.54, 1.807) is 26.0 Å². The zero-order chi connectivity index (χ0) is 25.4. The summed E-state index contributed by atoms with van der Waals surface area (Å²) < 4.78 is 58.1. The van der Waals surface area contributed by atoms with Crippen LogP contribution in [0.4, 0.5) is 19.0 Å². The number of nitrogens with zero attached hydrogens (tertiary/aromatic N) is 2. The molecule has 3 atom stereocenters. The van der Waals surface area contributed by atoms with Crippen molar-refractivity contribution in [2.45, 2.75) is 44.9 Å². The highest BCUT2D eigenvalue weighted by Crippen LogP contribution is 2.39. The molecule has 5 rings (SSSR count). The van der Waals surface area contributed by atoms with Crippen LogP contribution in [0, 0.1) is 12.7 Å². The summed E-state index contributed by atoms with van der Waals surface area (Å²) in [5, 5.41) is 15.7. The van der Waals surface area contributed by atoms with Crippen molar-refractivity contribution >= 4 is 22.5 Å². The van der Waals surface area contributed by atoms with E-state index in [9.17, 15) is 18.0 Å². The van der Waals surface area contributed by atoms with E-state index in [0.29, 0.717) is 47.0 Å². The average molecular weight is 502 g/mol. The number of hydrogen-bond acceptors (Lipinski definition) is 7. The molecule has 36 heavy (non-hydrogen) atoms. The molecule has 1 aromatic heterocycles. The highest BCUT2D eigenvalue weighted by molar-refractivity contribution is 5.96. The van der Waals surface area contributed by atoms with Crippen molar-refractivity contribution in [1.29, 1.82) is 0 Å². The molecule has 2 aliphatic rings. The highest BCUT2D eigenvalue weighted by Gasteiger charge is 2.31. The lowest BCUT2D eigenvalue weighted by Crippen LogP contribution is -2.47. The molecule has 11 heteroatoms. The molecule has 2 unspecified atom stereocenters. The summed E-state index contributed by atoms with van der Waals surface area (Å²) >= 11 is 0. The fraction of sp³-hybridized carbons (Fsp3) is 0.400. The van der Waals surface area contributed by atoms with Gasteiger partial charge < -0.3 is 24.8 Å². The Hall–Kier alpha value is -3.60. The minimum absolute atomic E-state index is 0.0280. The Bertz CT molecular complexity index is 1300. The number of benzene rings is 2. The van der Waals surface area contributed by atoms with Gasteiger partial charge in [-0.3, -0.25) is 4.79 Å². The number of hydrogen-bond donors (Lipinski definition) is 2. The SMILES string of the molecule is Cc1nnc(N[C@H](C)c2cccc(C(F)F)c2F)c2cc3c(cc12)OC(C(=O)NC1CCOC1)CO3. The Kier molecular flexibility index (Phi) is 6.57. The van der Waals surface area contributed by atoms with Gasteiger partial charge in [0.25, 0.3) is 12.3 Å². The zero-order valence-corrected chi connectivity index (χ0v) is 19.7. The van der Waals surface area contributed by atoms with E-state index in [1.165, 1.54) is 12.1 Å². The van der Waals surface area contributed by atoms with Crippen LogP contribution in [0.3, 0.4) is 0 Å². The van der Waals surface area contributed by atoms with Gasteiger partial charge >= 0.3 is 0 Å². The largest absolute Gasteiger partial charge is 0.485 e. The van der Waals surface area contributed by atoms with Crippen LogP contribution in [0.1, 0.15) is 42.6 Å². The summed E-state index contributed by atoms with van der Waals surface area (Å²) in [6.07, 6.45) is -2.98. The lowest BCUT2D eigenvalue weighted by Gasteiger charge is -2.27. The topological polar surface area (TPSA) is 94.6 Å². The Morgan fingerprint density at radius 3 is 2.64 bits per heavy atom. The van der Waals surface area contributed by atoms with Crippen molar-refractivity contribution in [3.05, 3.63) is 53.0 Å². The molecule has 3 heterocycles. The monoisotopic (exact) mass is 502 g/mol. The molecule has 0 saturated carbocycles. The number of aromatic nitrogens is 2. The van der Waals surface area contributed by atoms with Crippen LogP contribution in [0.25, 0.3) is 10.8 Å². The zero-order valence-electron chi connectivity index (χ0n) is 19.7. The van der Waals surface area contributed by atoms with Crippen molar-refractivity contribution in [2.75, 3.05) is 25.1 Å². The molecule has 1 saturated heterocycles. The predicted molar refractivity (Wildman–Crippen MR) is 125 cm³/mol. The van der Waals surface area contributed by atoms with E-state index in [-0.39, 0.29) is 24.1 Å². The number of amides is 1. The van der Waals surface area contributed by atoms with Crippen molar-refractivity contribution < 1.29 is 32.2 Å². The number of carbonyl (C=O) groups excluding carboxylic acids is 1. The standard InChI is InChI=1S/C25H25F3N4O4/c1-12(15-4-3-5-16(22(15)26)23(27)28)29-24-18-9-19-20(8-17(18)13(2)31-32-24)36-21(11-35-19)25(33)30-14-6-7-34-10-14/h3-5,8-9,12,14,21,23H,6-7,10-11H2,1-2H3,(H,29,32)(H,30,33)/t12-,14?,21?/m1/s1. The molecule has 2 aliphatic heterocycles. The van der Waals surface area contributed by atoms with Crippen LogP contribution in [-0.4, -0.2) is 48.1 Å². The first kappa shape index (κ1) is 24.1. The second-order valence-electron chi connectivity index (χ2n) is 8.88. The maximum absolute atomic E-state index is 14.7. The number of nitrogens with one attached hydrogen (secondary N) is 2. The Morgan fingerprint density at radius 1 is 1.11 bits per heavy atom. The fourth-order valence-corrected chi connectivity index (χ4v) is 4.38. The van der Waals surface area contributed by atoms with Gasteiger partial charge in [-0.25, -0.2) is 13.2 Å². The molecule has 2 N–H and O–H groups in total. The third-order valence-electron chi connectivity index (χ3n) is 6.37. The molecule has 8 nitrogen and oxygen atoms in total. The minimum Gasteiger partial charge on any atom is -0.485 e. The van der Waals surface area contributed by atoms with Crippen LogP contribution in [0.15, 0.2) is 30.3 Å². The minimum atomic E-state index is -2.92. The molecule has 0 bridgehead atoms. The van der Waals surface area contributed by atoms with Crippen molar-refractivity contribution in [1.82, 2.24) is 15.5 Å². The van der Waals surface area contributed by atoms with Crippen LogP contribution in [-0.2, 0) is 9.53 Å². The molecular formula is C25H25F3N4O4. The van der Waals surface area contributed by atoms with Gasteiger partial charge in [-0.1, -0.05) is 18.2 Å². The van der Waals surface area contributed by atoms with E-state index < -0.39 is 30.0 Å². The van der Waals surface area contributed by atoms with Crippen molar-refractivity contribution in [3.63, 3.8) is 0 Å². The van der Waals surface area contributed by atoms with E-state index >= 15 is 0 Å². The maximum atomic E-state index is 14.7. The van der Waals surface area contributed by atoms with Crippen molar-refractivity contribution in [2.24, 2.45) is 0 Å². The number of alkyl halides is 2. The molecule has 0 aliphatic carbocycles. The Morgan fingerprint density at radius 2 is 1.89 bits per heavy atom. The summed E-state index contributed by atoms with van der Waals surface area (Å²) in [4.78, 5) is 12.6. The van der Waals surface area contributed by atoms with Gasteiger partial charge in [-0.05, 0) is 32.4 Å². The van der Waals surface area contributed by atoms with Crippen LogP contribution >= 0.6 is 0 Å².